The second-order valence-corrected chi connectivity index (χ2v) is 7.89. The molecule has 2 aromatic rings. The lowest BCUT2D eigenvalue weighted by Crippen LogP contribution is -2.39. The number of hydrogen-bond donors (Lipinski definition) is 0. The number of methoxy groups -OCH3 is 1. The van der Waals surface area contributed by atoms with E-state index < -0.39 is 0 Å². The van der Waals surface area contributed by atoms with Crippen LogP contribution in [-0.2, 0) is 17.8 Å². The smallest absolute Gasteiger partial charge is 0.264 e. The number of rotatable bonds is 5. The molecule has 128 valence electrons. The van der Waals surface area contributed by atoms with E-state index in [1.165, 1.54) is 29.7 Å². The molecule has 2 aliphatic rings. The molecule has 0 unspecified atom stereocenters. The minimum atomic E-state index is 0.129. The van der Waals surface area contributed by atoms with Gasteiger partial charge in [-0.25, -0.2) is 0 Å². The Morgan fingerprint density at radius 1 is 1.46 bits per heavy atom. The number of thiophene rings is 1. The number of amides is 1. The first-order chi connectivity index (χ1) is 11.7. The lowest BCUT2D eigenvalue weighted by Gasteiger charge is -2.31. The SMILES string of the molecule is COC[C@@H]1CN(C(=O)c2sccc2C)Cc2cn(CC3CC3)nc21. The fourth-order valence-electron chi connectivity index (χ4n) is 3.45. The summed E-state index contributed by atoms with van der Waals surface area (Å²) in [5.74, 6) is 1.08. The molecule has 0 spiro atoms. The van der Waals surface area contributed by atoms with Gasteiger partial charge in [-0.2, -0.15) is 5.10 Å². The zero-order chi connectivity index (χ0) is 16.7. The largest absolute Gasteiger partial charge is 0.384 e. The second-order valence-electron chi connectivity index (χ2n) is 6.98. The van der Waals surface area contributed by atoms with Crippen LogP contribution in [0.5, 0.6) is 0 Å². The number of fused-ring (bicyclic) bond motifs is 1. The molecule has 1 aliphatic carbocycles. The molecule has 0 saturated heterocycles. The molecule has 0 radical (unpaired) electrons. The molecule has 6 heteroatoms. The van der Waals surface area contributed by atoms with E-state index in [0.29, 0.717) is 19.7 Å². The Hall–Kier alpha value is -1.66. The summed E-state index contributed by atoms with van der Waals surface area (Å²) in [6.45, 7) is 4.93. The van der Waals surface area contributed by atoms with E-state index in [1.54, 1.807) is 7.11 Å². The van der Waals surface area contributed by atoms with Gasteiger partial charge < -0.3 is 9.64 Å². The van der Waals surface area contributed by atoms with Crippen molar-refractivity contribution in [3.63, 3.8) is 0 Å². The maximum Gasteiger partial charge on any atom is 0.264 e. The van der Waals surface area contributed by atoms with E-state index in [0.717, 1.165) is 28.6 Å². The van der Waals surface area contributed by atoms with Crippen molar-refractivity contribution in [2.75, 3.05) is 20.3 Å². The summed E-state index contributed by atoms with van der Waals surface area (Å²) in [5, 5.41) is 6.79. The highest BCUT2D eigenvalue weighted by Crippen LogP contribution is 2.33. The molecule has 24 heavy (non-hydrogen) atoms. The summed E-state index contributed by atoms with van der Waals surface area (Å²) in [6, 6.07) is 2.01. The first-order valence-electron chi connectivity index (χ1n) is 8.54. The summed E-state index contributed by atoms with van der Waals surface area (Å²) in [4.78, 5) is 15.7. The van der Waals surface area contributed by atoms with E-state index >= 15 is 0 Å². The highest BCUT2D eigenvalue weighted by atomic mass is 32.1. The van der Waals surface area contributed by atoms with E-state index in [9.17, 15) is 4.79 Å². The van der Waals surface area contributed by atoms with Crippen LogP contribution in [-0.4, -0.2) is 40.8 Å². The van der Waals surface area contributed by atoms with Crippen LogP contribution in [0.1, 0.15) is 45.3 Å². The van der Waals surface area contributed by atoms with Gasteiger partial charge >= 0.3 is 0 Å². The average Bonchev–Trinajstić information content (AvgIpc) is 3.11. The lowest BCUT2D eigenvalue weighted by atomic mass is 9.97. The van der Waals surface area contributed by atoms with Crippen molar-refractivity contribution in [2.24, 2.45) is 5.92 Å². The zero-order valence-corrected chi connectivity index (χ0v) is 15.0. The molecule has 1 aliphatic heterocycles. The maximum absolute atomic E-state index is 12.9. The zero-order valence-electron chi connectivity index (χ0n) is 14.2. The summed E-state index contributed by atoms with van der Waals surface area (Å²) in [6.07, 6.45) is 4.76. The number of ether oxygens (including phenoxy) is 1. The molecule has 1 fully saturated rings. The van der Waals surface area contributed by atoms with Crippen LogP contribution in [0.3, 0.4) is 0 Å². The van der Waals surface area contributed by atoms with Gasteiger partial charge in [0.25, 0.3) is 5.91 Å². The van der Waals surface area contributed by atoms with Crippen LogP contribution in [0.4, 0.5) is 0 Å². The quantitative estimate of drug-likeness (QED) is 0.837. The normalized spacial score (nSPS) is 20.2. The maximum atomic E-state index is 12.9. The van der Waals surface area contributed by atoms with Crippen molar-refractivity contribution in [3.05, 3.63) is 39.3 Å². The van der Waals surface area contributed by atoms with Gasteiger partial charge in [-0.05, 0) is 42.7 Å². The molecule has 0 aromatic carbocycles. The lowest BCUT2D eigenvalue weighted by molar-refractivity contribution is 0.0683. The third kappa shape index (κ3) is 3.00. The van der Waals surface area contributed by atoms with Gasteiger partial charge in [0.2, 0.25) is 0 Å². The summed E-state index contributed by atoms with van der Waals surface area (Å²) < 4.78 is 7.48. The molecule has 2 aromatic heterocycles. The van der Waals surface area contributed by atoms with Crippen molar-refractivity contribution in [3.8, 4) is 0 Å². The van der Waals surface area contributed by atoms with Gasteiger partial charge in [-0.1, -0.05) is 0 Å². The van der Waals surface area contributed by atoms with E-state index in [-0.39, 0.29) is 11.8 Å². The minimum Gasteiger partial charge on any atom is -0.384 e. The fraction of sp³-hybridized carbons (Fsp3) is 0.556. The Morgan fingerprint density at radius 2 is 2.29 bits per heavy atom. The van der Waals surface area contributed by atoms with Gasteiger partial charge in [0.05, 0.1) is 17.2 Å². The number of carbonyl (C=O) groups excluding carboxylic acids is 1. The van der Waals surface area contributed by atoms with Crippen molar-refractivity contribution in [1.82, 2.24) is 14.7 Å². The van der Waals surface area contributed by atoms with Gasteiger partial charge in [0.15, 0.2) is 0 Å². The van der Waals surface area contributed by atoms with Crippen molar-refractivity contribution in [2.45, 2.75) is 38.8 Å². The van der Waals surface area contributed by atoms with Gasteiger partial charge in [0, 0.05) is 44.4 Å². The van der Waals surface area contributed by atoms with Crippen LogP contribution in [0.25, 0.3) is 0 Å². The number of hydrogen-bond acceptors (Lipinski definition) is 4. The van der Waals surface area contributed by atoms with Crippen LogP contribution >= 0.6 is 11.3 Å². The highest BCUT2D eigenvalue weighted by Gasteiger charge is 2.33. The van der Waals surface area contributed by atoms with Crippen molar-refractivity contribution >= 4 is 17.2 Å². The predicted octanol–water partition coefficient (Wildman–Crippen LogP) is 3.05. The first-order valence-corrected chi connectivity index (χ1v) is 9.42. The molecule has 3 heterocycles. The summed E-state index contributed by atoms with van der Waals surface area (Å²) in [7, 11) is 1.71. The molecule has 5 nitrogen and oxygen atoms in total. The molecule has 4 rings (SSSR count). The standard InChI is InChI=1S/C18H23N3O2S/c1-12-5-6-24-17(12)18(22)20-8-14-10-21(7-13-3-4-13)19-16(14)15(9-20)11-23-2/h5-6,10,13,15H,3-4,7-9,11H2,1-2H3/t15-/m0/s1. The number of carbonyl (C=O) groups is 1. The Balaban J connectivity index is 1.59. The molecule has 0 N–H and O–H groups in total. The minimum absolute atomic E-state index is 0.129. The molecular formula is C18H23N3O2S. The Morgan fingerprint density at radius 3 is 2.96 bits per heavy atom. The third-order valence-corrected chi connectivity index (χ3v) is 5.92. The Bertz CT molecular complexity index is 747. The predicted molar refractivity (Wildman–Crippen MR) is 93.4 cm³/mol. The topological polar surface area (TPSA) is 47.4 Å². The van der Waals surface area contributed by atoms with E-state index in [4.69, 9.17) is 9.84 Å². The fourth-order valence-corrected chi connectivity index (χ4v) is 4.34. The molecule has 1 saturated carbocycles. The van der Waals surface area contributed by atoms with E-state index in [2.05, 4.69) is 10.9 Å². The highest BCUT2D eigenvalue weighted by molar-refractivity contribution is 7.12. The molecular weight excluding hydrogens is 322 g/mol. The van der Waals surface area contributed by atoms with E-state index in [1.807, 2.05) is 23.3 Å². The summed E-state index contributed by atoms with van der Waals surface area (Å²) in [5.41, 5.74) is 3.35. The van der Waals surface area contributed by atoms with Crippen LogP contribution < -0.4 is 0 Å². The number of nitrogens with zero attached hydrogens (tertiary/aromatic N) is 3. The van der Waals surface area contributed by atoms with Gasteiger partial charge in [-0.15, -0.1) is 11.3 Å². The number of aryl methyl sites for hydroxylation is 1. The third-order valence-electron chi connectivity index (χ3n) is 4.91. The van der Waals surface area contributed by atoms with Crippen LogP contribution in [0.2, 0.25) is 0 Å². The summed E-state index contributed by atoms with van der Waals surface area (Å²) >= 11 is 1.53. The first kappa shape index (κ1) is 15.8. The molecule has 1 amide bonds. The Labute approximate surface area is 146 Å². The van der Waals surface area contributed by atoms with Gasteiger partial charge in [-0.3, -0.25) is 9.48 Å². The van der Waals surface area contributed by atoms with Crippen molar-refractivity contribution < 1.29 is 9.53 Å². The van der Waals surface area contributed by atoms with Crippen LogP contribution in [0.15, 0.2) is 17.6 Å². The second kappa shape index (κ2) is 6.33. The number of aromatic nitrogens is 2. The van der Waals surface area contributed by atoms with Gasteiger partial charge in [0.1, 0.15) is 0 Å². The molecule has 1 atom stereocenters. The molecule has 0 bridgehead atoms. The average molecular weight is 345 g/mol. The van der Waals surface area contributed by atoms with Crippen LogP contribution in [0, 0.1) is 12.8 Å². The van der Waals surface area contributed by atoms with Crippen molar-refractivity contribution in [1.29, 1.82) is 0 Å². The monoisotopic (exact) mass is 345 g/mol. The Kier molecular flexibility index (Phi) is 4.18.